The van der Waals surface area contributed by atoms with Crippen molar-refractivity contribution in [1.29, 1.82) is 0 Å². The Morgan fingerprint density at radius 2 is 1.97 bits per heavy atom. The van der Waals surface area contributed by atoms with E-state index in [9.17, 15) is 4.79 Å². The van der Waals surface area contributed by atoms with Gasteiger partial charge in [0.25, 0.3) is 5.91 Å². The Bertz CT molecular complexity index is 1240. The smallest absolute Gasteiger partial charge is 0.252 e. The number of allylic oxidation sites excluding steroid dienone is 1. The highest BCUT2D eigenvalue weighted by Gasteiger charge is 2.47. The van der Waals surface area contributed by atoms with Crippen LogP contribution >= 0.6 is 0 Å². The Kier molecular flexibility index (Phi) is 5.49. The minimum atomic E-state index is -0.333. The van der Waals surface area contributed by atoms with Gasteiger partial charge in [0.2, 0.25) is 0 Å². The Hall–Kier alpha value is -3.11. The number of likely N-dealkylation sites (tertiary alicyclic amines) is 1. The predicted molar refractivity (Wildman–Crippen MR) is 135 cm³/mol. The van der Waals surface area contributed by atoms with E-state index in [0.717, 1.165) is 48.3 Å². The molecule has 1 saturated heterocycles. The molecule has 1 N–H and O–H groups in total. The minimum absolute atomic E-state index is 0.0407. The van der Waals surface area contributed by atoms with Gasteiger partial charge in [0.05, 0.1) is 5.54 Å². The molecule has 2 aliphatic rings. The third-order valence-electron chi connectivity index (χ3n) is 7.31. The summed E-state index contributed by atoms with van der Waals surface area (Å²) in [4.78, 5) is 15.8. The molecule has 1 unspecified atom stereocenters. The lowest BCUT2D eigenvalue weighted by Crippen LogP contribution is -2.48. The quantitative estimate of drug-likeness (QED) is 0.514. The van der Waals surface area contributed by atoms with Crippen molar-refractivity contribution in [1.82, 2.24) is 10.2 Å². The van der Waals surface area contributed by atoms with Crippen molar-refractivity contribution in [3.63, 3.8) is 0 Å². The van der Waals surface area contributed by atoms with Gasteiger partial charge in [0.15, 0.2) is 0 Å². The highest BCUT2D eigenvalue weighted by atomic mass is 16.5. The zero-order chi connectivity index (χ0) is 23.2. The summed E-state index contributed by atoms with van der Waals surface area (Å²) in [6.45, 7) is 9.94. The number of carbonyl (C=O) groups excluding carboxylic acids is 1. The van der Waals surface area contributed by atoms with Crippen LogP contribution in [0.5, 0.6) is 5.75 Å². The molecule has 33 heavy (non-hydrogen) atoms. The molecule has 4 heteroatoms. The Labute approximate surface area is 196 Å². The van der Waals surface area contributed by atoms with Crippen molar-refractivity contribution >= 4 is 22.3 Å². The second-order valence-electron chi connectivity index (χ2n) is 9.77. The van der Waals surface area contributed by atoms with Crippen LogP contribution in [0.15, 0.2) is 61.2 Å². The molecule has 170 valence electrons. The predicted octanol–water partition coefficient (Wildman–Crippen LogP) is 5.68. The number of rotatable bonds is 7. The molecular weight excluding hydrogens is 408 g/mol. The van der Waals surface area contributed by atoms with E-state index in [1.165, 1.54) is 16.3 Å². The van der Waals surface area contributed by atoms with Crippen molar-refractivity contribution in [3.05, 3.63) is 83.4 Å². The third kappa shape index (κ3) is 4.16. The van der Waals surface area contributed by atoms with E-state index in [2.05, 4.69) is 60.2 Å². The van der Waals surface area contributed by atoms with Crippen LogP contribution in [-0.2, 0) is 5.54 Å². The van der Waals surface area contributed by atoms with Crippen LogP contribution < -0.4 is 10.1 Å². The van der Waals surface area contributed by atoms with Gasteiger partial charge in [0, 0.05) is 11.6 Å². The molecule has 0 bridgehead atoms. The number of nitrogens with one attached hydrogen (secondary N) is 1. The summed E-state index contributed by atoms with van der Waals surface area (Å²) in [6.07, 6.45) is 3.03. The molecule has 5 rings (SSSR count). The maximum Gasteiger partial charge on any atom is 0.252 e. The Morgan fingerprint density at radius 3 is 2.64 bits per heavy atom. The molecule has 1 amide bonds. The minimum Gasteiger partial charge on any atom is -0.492 e. The average molecular weight is 441 g/mol. The summed E-state index contributed by atoms with van der Waals surface area (Å²) in [5.41, 5.74) is 4.64. The fraction of sp³-hybridized carbons (Fsp3) is 0.345. The first-order valence-corrected chi connectivity index (χ1v) is 11.8. The lowest BCUT2D eigenvalue weighted by molar-refractivity contribution is 0.0767. The lowest BCUT2D eigenvalue weighted by atomic mass is 9.92. The second kappa shape index (κ2) is 8.35. The molecule has 2 fully saturated rings. The third-order valence-corrected chi connectivity index (χ3v) is 7.31. The van der Waals surface area contributed by atoms with Crippen molar-refractivity contribution < 1.29 is 9.53 Å². The number of hydrogen-bond donors (Lipinski definition) is 1. The molecule has 3 aromatic carbocycles. The molecule has 0 radical (unpaired) electrons. The molecule has 1 saturated carbocycles. The number of aryl methyl sites for hydroxylation is 1. The van der Waals surface area contributed by atoms with Crippen LogP contribution in [-0.4, -0.2) is 37.0 Å². The summed E-state index contributed by atoms with van der Waals surface area (Å²) in [5, 5.41) is 5.76. The fourth-order valence-corrected chi connectivity index (χ4v) is 4.73. The molecular formula is C29H32N2O2. The maximum absolute atomic E-state index is 13.5. The zero-order valence-corrected chi connectivity index (χ0v) is 19.8. The summed E-state index contributed by atoms with van der Waals surface area (Å²) in [6, 6.07) is 19.1. The van der Waals surface area contributed by atoms with Gasteiger partial charge in [-0.2, -0.15) is 0 Å². The van der Waals surface area contributed by atoms with Crippen LogP contribution in [0.1, 0.15) is 53.2 Å². The highest BCUT2D eigenvalue weighted by Crippen LogP contribution is 2.49. The van der Waals surface area contributed by atoms with Gasteiger partial charge in [-0.3, -0.25) is 9.69 Å². The van der Waals surface area contributed by atoms with E-state index in [1.807, 2.05) is 32.0 Å². The van der Waals surface area contributed by atoms with Crippen LogP contribution in [0, 0.1) is 6.92 Å². The van der Waals surface area contributed by atoms with Gasteiger partial charge in [0.1, 0.15) is 12.4 Å². The summed E-state index contributed by atoms with van der Waals surface area (Å²) < 4.78 is 6.02. The molecule has 1 heterocycles. The number of carbonyl (C=O) groups is 1. The maximum atomic E-state index is 13.5. The van der Waals surface area contributed by atoms with Gasteiger partial charge < -0.3 is 10.1 Å². The molecule has 1 aliphatic heterocycles. The normalized spacial score (nSPS) is 19.1. The monoisotopic (exact) mass is 440 g/mol. The number of hydrogen-bond acceptors (Lipinski definition) is 3. The topological polar surface area (TPSA) is 41.6 Å². The average Bonchev–Trinajstić information content (AvgIpc) is 3.58. The highest BCUT2D eigenvalue weighted by molar-refractivity contribution is 5.98. The number of nitrogens with zero attached hydrogens (tertiary/aromatic N) is 1. The van der Waals surface area contributed by atoms with Crippen molar-refractivity contribution in [2.45, 2.75) is 44.7 Å². The van der Waals surface area contributed by atoms with Crippen LogP contribution in [0.3, 0.4) is 0 Å². The number of benzene rings is 3. The first-order valence-electron chi connectivity index (χ1n) is 11.8. The van der Waals surface area contributed by atoms with Gasteiger partial charge in [-0.25, -0.2) is 0 Å². The summed E-state index contributed by atoms with van der Waals surface area (Å²) >= 11 is 0. The van der Waals surface area contributed by atoms with E-state index < -0.39 is 0 Å². The first-order chi connectivity index (χ1) is 15.9. The Balaban J connectivity index is 1.41. The van der Waals surface area contributed by atoms with Crippen molar-refractivity contribution in [2.75, 3.05) is 20.2 Å². The SMILES string of the molecule is C=C(C)c1cc(C2(NC(=O)c3cc(OCC4CCN4C)ccc3C)CC2)c2ccccc2c1. The van der Waals surface area contributed by atoms with Crippen LogP contribution in [0.4, 0.5) is 0 Å². The lowest BCUT2D eigenvalue weighted by Gasteiger charge is -2.37. The molecule has 1 aliphatic carbocycles. The number of amides is 1. The summed E-state index contributed by atoms with van der Waals surface area (Å²) in [5.74, 6) is 0.714. The van der Waals surface area contributed by atoms with E-state index in [1.54, 1.807) is 0 Å². The number of ether oxygens (including phenoxy) is 1. The van der Waals surface area contributed by atoms with Gasteiger partial charge in [-0.05, 0) is 98.4 Å². The van der Waals surface area contributed by atoms with Crippen molar-refractivity contribution in [3.8, 4) is 5.75 Å². The number of fused-ring (bicyclic) bond motifs is 1. The van der Waals surface area contributed by atoms with Gasteiger partial charge in [-0.1, -0.05) is 42.5 Å². The zero-order valence-electron chi connectivity index (χ0n) is 19.8. The number of likely N-dealkylation sites (N-methyl/N-ethyl adjacent to an activating group) is 1. The second-order valence-corrected chi connectivity index (χ2v) is 9.77. The standard InChI is InChI=1S/C29H32N2O2/c1-19(2)22-15-21-7-5-6-8-25(21)27(16-22)29(12-13-29)30-28(32)26-17-24(10-9-20(26)3)33-18-23-11-14-31(23)4/h5-10,15-17,23H,1,11-14,18H2,2-4H3,(H,30,32). The first kappa shape index (κ1) is 21.7. The molecule has 1 atom stereocenters. The van der Waals surface area contributed by atoms with E-state index in [4.69, 9.17) is 4.74 Å². The molecule has 0 aromatic heterocycles. The van der Waals surface area contributed by atoms with Crippen LogP contribution in [0.2, 0.25) is 0 Å². The van der Waals surface area contributed by atoms with Crippen LogP contribution in [0.25, 0.3) is 16.3 Å². The summed E-state index contributed by atoms with van der Waals surface area (Å²) in [7, 11) is 2.12. The largest absolute Gasteiger partial charge is 0.492 e. The van der Waals surface area contributed by atoms with E-state index in [0.29, 0.717) is 18.2 Å². The van der Waals surface area contributed by atoms with E-state index in [-0.39, 0.29) is 11.4 Å². The van der Waals surface area contributed by atoms with Gasteiger partial charge in [-0.15, -0.1) is 0 Å². The van der Waals surface area contributed by atoms with Crippen molar-refractivity contribution in [2.24, 2.45) is 0 Å². The fourth-order valence-electron chi connectivity index (χ4n) is 4.73. The molecule has 3 aromatic rings. The Morgan fingerprint density at radius 1 is 1.18 bits per heavy atom. The van der Waals surface area contributed by atoms with Gasteiger partial charge >= 0.3 is 0 Å². The molecule has 4 nitrogen and oxygen atoms in total. The molecule has 0 spiro atoms. The van der Waals surface area contributed by atoms with E-state index >= 15 is 0 Å².